The van der Waals surface area contributed by atoms with E-state index in [4.69, 9.17) is 27.9 Å². The van der Waals surface area contributed by atoms with Crippen molar-refractivity contribution in [2.24, 2.45) is 0 Å². The zero-order valence-electron chi connectivity index (χ0n) is 11.7. The van der Waals surface area contributed by atoms with Crippen molar-refractivity contribution in [1.29, 1.82) is 0 Å². The highest BCUT2D eigenvalue weighted by atomic mass is 35.5. The molecule has 0 aromatic heterocycles. The van der Waals surface area contributed by atoms with Gasteiger partial charge >= 0.3 is 0 Å². The number of rotatable bonds is 5. The second kappa shape index (κ2) is 6.90. The van der Waals surface area contributed by atoms with Crippen LogP contribution in [-0.4, -0.2) is 43.0 Å². The fourth-order valence-corrected chi connectivity index (χ4v) is 3.00. The van der Waals surface area contributed by atoms with Crippen LogP contribution in [0.5, 0.6) is 0 Å². The molecule has 5 heteroatoms. The molecule has 0 N–H and O–H groups in total. The molecular weight excluding hydrogens is 297 g/mol. The van der Waals surface area contributed by atoms with E-state index in [1.54, 1.807) is 18.2 Å². The van der Waals surface area contributed by atoms with Crippen LogP contribution in [0.3, 0.4) is 0 Å². The Balaban J connectivity index is 1.93. The van der Waals surface area contributed by atoms with Crippen LogP contribution >= 0.6 is 23.2 Å². The molecule has 0 saturated carbocycles. The quantitative estimate of drug-likeness (QED) is 0.776. The number of carbonyl (C=O) groups excluding carboxylic acids is 1. The summed E-state index contributed by atoms with van der Waals surface area (Å²) < 4.78 is 5.55. The lowest BCUT2D eigenvalue weighted by Gasteiger charge is -2.26. The smallest absolute Gasteiger partial charge is 0.165 e. The van der Waals surface area contributed by atoms with Gasteiger partial charge in [-0.25, -0.2) is 0 Å². The van der Waals surface area contributed by atoms with E-state index < -0.39 is 0 Å². The second-order valence-corrected chi connectivity index (χ2v) is 5.97. The van der Waals surface area contributed by atoms with Crippen LogP contribution in [0.25, 0.3) is 0 Å². The summed E-state index contributed by atoms with van der Waals surface area (Å²) in [5.41, 5.74) is 0.503. The van der Waals surface area contributed by atoms with Crippen molar-refractivity contribution >= 4 is 29.0 Å². The molecule has 1 aliphatic heterocycles. The number of hydrogen-bond acceptors (Lipinski definition) is 3. The molecule has 2 atom stereocenters. The predicted octanol–water partition coefficient (Wildman–Crippen LogP) is 3.68. The molecule has 2 rings (SSSR count). The van der Waals surface area contributed by atoms with E-state index in [-0.39, 0.29) is 11.9 Å². The standard InChI is InChI=1S/C15H19Cl2NO2/c1-10-13(7-9-20-10)18(2)8-6-14(19)11-4-3-5-12(16)15(11)17/h3-5,10,13H,6-9H2,1-2H3. The van der Waals surface area contributed by atoms with Gasteiger partial charge < -0.3 is 9.64 Å². The van der Waals surface area contributed by atoms with Crippen molar-refractivity contribution < 1.29 is 9.53 Å². The van der Waals surface area contributed by atoms with Gasteiger partial charge in [-0.2, -0.15) is 0 Å². The van der Waals surface area contributed by atoms with Crippen LogP contribution in [0, 0.1) is 0 Å². The first-order chi connectivity index (χ1) is 9.50. The minimum Gasteiger partial charge on any atom is -0.377 e. The zero-order chi connectivity index (χ0) is 14.7. The Bertz CT molecular complexity index is 493. The summed E-state index contributed by atoms with van der Waals surface area (Å²) in [4.78, 5) is 14.4. The number of halogens is 2. The van der Waals surface area contributed by atoms with E-state index in [2.05, 4.69) is 11.8 Å². The number of ketones is 1. The van der Waals surface area contributed by atoms with Crippen LogP contribution < -0.4 is 0 Å². The maximum Gasteiger partial charge on any atom is 0.165 e. The lowest BCUT2D eigenvalue weighted by Crippen LogP contribution is -2.37. The van der Waals surface area contributed by atoms with Gasteiger partial charge in [-0.1, -0.05) is 29.3 Å². The fraction of sp³-hybridized carbons (Fsp3) is 0.533. The van der Waals surface area contributed by atoms with Crippen LogP contribution in [-0.2, 0) is 4.74 Å². The summed E-state index contributed by atoms with van der Waals surface area (Å²) in [5, 5.41) is 0.767. The Morgan fingerprint density at radius 3 is 2.85 bits per heavy atom. The minimum atomic E-state index is 0.0240. The first-order valence-electron chi connectivity index (χ1n) is 6.79. The molecule has 1 aromatic carbocycles. The van der Waals surface area contributed by atoms with Crippen molar-refractivity contribution in [3.63, 3.8) is 0 Å². The van der Waals surface area contributed by atoms with E-state index in [1.807, 2.05) is 7.05 Å². The molecule has 1 aliphatic rings. The van der Waals surface area contributed by atoms with Gasteiger partial charge in [0, 0.05) is 31.2 Å². The molecule has 0 aliphatic carbocycles. The topological polar surface area (TPSA) is 29.5 Å². The highest BCUT2D eigenvalue weighted by Crippen LogP contribution is 2.26. The van der Waals surface area contributed by atoms with E-state index in [0.717, 1.165) is 13.0 Å². The van der Waals surface area contributed by atoms with Gasteiger partial charge in [0.1, 0.15) is 0 Å². The second-order valence-electron chi connectivity index (χ2n) is 5.19. The summed E-state index contributed by atoms with van der Waals surface area (Å²) in [5.74, 6) is 0.0240. The Morgan fingerprint density at radius 2 is 2.20 bits per heavy atom. The number of likely N-dealkylation sites (N-methyl/N-ethyl adjacent to an activating group) is 1. The molecule has 2 unspecified atom stereocenters. The molecule has 110 valence electrons. The first kappa shape index (κ1) is 15.8. The van der Waals surface area contributed by atoms with Crippen molar-refractivity contribution in [1.82, 2.24) is 4.90 Å². The van der Waals surface area contributed by atoms with E-state index >= 15 is 0 Å². The Hall–Kier alpha value is -0.610. The summed E-state index contributed by atoms with van der Waals surface area (Å²) >= 11 is 12.0. The average molecular weight is 316 g/mol. The summed E-state index contributed by atoms with van der Waals surface area (Å²) in [6.07, 6.45) is 1.67. The Kier molecular flexibility index (Phi) is 5.44. The molecule has 0 spiro atoms. The third-order valence-corrected chi connectivity index (χ3v) is 4.66. The van der Waals surface area contributed by atoms with Gasteiger partial charge in [-0.3, -0.25) is 4.79 Å². The molecule has 1 heterocycles. The SMILES string of the molecule is CC1OCCC1N(C)CCC(=O)c1cccc(Cl)c1Cl. The Labute approximate surface area is 129 Å². The summed E-state index contributed by atoms with van der Waals surface area (Å²) in [7, 11) is 2.03. The number of carbonyl (C=O) groups is 1. The predicted molar refractivity (Wildman–Crippen MR) is 81.9 cm³/mol. The molecule has 1 fully saturated rings. The number of benzene rings is 1. The van der Waals surface area contributed by atoms with Gasteiger partial charge in [0.2, 0.25) is 0 Å². The first-order valence-corrected chi connectivity index (χ1v) is 7.55. The highest BCUT2D eigenvalue weighted by Gasteiger charge is 2.28. The van der Waals surface area contributed by atoms with Crippen molar-refractivity contribution in [3.05, 3.63) is 33.8 Å². The van der Waals surface area contributed by atoms with Gasteiger partial charge in [-0.05, 0) is 32.5 Å². The Morgan fingerprint density at radius 1 is 1.45 bits per heavy atom. The van der Waals surface area contributed by atoms with Crippen LogP contribution in [0.2, 0.25) is 10.0 Å². The summed E-state index contributed by atoms with van der Waals surface area (Å²) in [6, 6.07) is 5.54. The van der Waals surface area contributed by atoms with E-state index in [0.29, 0.717) is 34.6 Å². The lowest BCUT2D eigenvalue weighted by atomic mass is 10.1. The third kappa shape index (κ3) is 3.53. The molecule has 3 nitrogen and oxygen atoms in total. The molecule has 1 aromatic rings. The molecule has 0 amide bonds. The fourth-order valence-electron chi connectivity index (χ4n) is 2.60. The number of ether oxygens (including phenoxy) is 1. The van der Waals surface area contributed by atoms with Crippen molar-refractivity contribution in [3.8, 4) is 0 Å². The van der Waals surface area contributed by atoms with Crippen molar-refractivity contribution in [2.75, 3.05) is 20.2 Å². The molecule has 1 saturated heterocycles. The third-order valence-electron chi connectivity index (χ3n) is 3.85. The van der Waals surface area contributed by atoms with E-state index in [1.165, 1.54) is 0 Å². The van der Waals surface area contributed by atoms with Gasteiger partial charge in [0.15, 0.2) is 5.78 Å². The lowest BCUT2D eigenvalue weighted by molar-refractivity contribution is 0.0793. The van der Waals surface area contributed by atoms with Crippen LogP contribution in [0.1, 0.15) is 30.1 Å². The van der Waals surface area contributed by atoms with E-state index in [9.17, 15) is 4.79 Å². The molecule has 0 bridgehead atoms. The number of nitrogens with zero attached hydrogens (tertiary/aromatic N) is 1. The van der Waals surface area contributed by atoms with Crippen molar-refractivity contribution in [2.45, 2.75) is 31.9 Å². The number of Topliss-reactive ketones (excluding diaryl/α,β-unsaturated/α-hetero) is 1. The molecule has 20 heavy (non-hydrogen) atoms. The van der Waals surface area contributed by atoms with Gasteiger partial charge in [-0.15, -0.1) is 0 Å². The average Bonchev–Trinajstić information content (AvgIpc) is 2.85. The normalized spacial score (nSPS) is 22.4. The number of hydrogen-bond donors (Lipinski definition) is 0. The van der Waals surface area contributed by atoms with Gasteiger partial charge in [0.05, 0.1) is 16.1 Å². The largest absolute Gasteiger partial charge is 0.377 e. The highest BCUT2D eigenvalue weighted by molar-refractivity contribution is 6.43. The maximum atomic E-state index is 12.2. The van der Waals surface area contributed by atoms with Crippen LogP contribution in [0.4, 0.5) is 0 Å². The maximum absolute atomic E-state index is 12.2. The van der Waals surface area contributed by atoms with Gasteiger partial charge in [0.25, 0.3) is 0 Å². The molecular formula is C15H19Cl2NO2. The summed E-state index contributed by atoms with van der Waals surface area (Å²) in [6.45, 7) is 3.56. The minimum absolute atomic E-state index is 0.0240. The monoisotopic (exact) mass is 315 g/mol. The molecule has 0 radical (unpaired) electrons. The zero-order valence-corrected chi connectivity index (χ0v) is 13.2. The van der Waals surface area contributed by atoms with Crippen LogP contribution in [0.15, 0.2) is 18.2 Å².